The topological polar surface area (TPSA) is 76.7 Å². The Morgan fingerprint density at radius 1 is 0.871 bits per heavy atom. The summed E-state index contributed by atoms with van der Waals surface area (Å²) in [6.07, 6.45) is -0.278. The van der Waals surface area contributed by atoms with Crippen molar-refractivity contribution < 1.29 is 19.1 Å². The van der Waals surface area contributed by atoms with Crippen molar-refractivity contribution in [2.45, 2.75) is 33.0 Å². The highest BCUT2D eigenvalue weighted by atomic mass is 16.5. The molecule has 1 unspecified atom stereocenters. The Balaban J connectivity index is 1.58. The molecule has 2 amide bonds. The SMILES string of the molecule is CCC(Oc1ccc(C)cc1)C(=O)NNC(=O)c1ccccc1OCc1ccccc1. The minimum Gasteiger partial charge on any atom is -0.488 e. The molecule has 1 atom stereocenters. The van der Waals surface area contributed by atoms with Crippen LogP contribution in [0.2, 0.25) is 0 Å². The van der Waals surface area contributed by atoms with Crippen LogP contribution in [0.3, 0.4) is 0 Å². The Morgan fingerprint density at radius 2 is 1.55 bits per heavy atom. The lowest BCUT2D eigenvalue weighted by molar-refractivity contribution is -0.128. The summed E-state index contributed by atoms with van der Waals surface area (Å²) in [5.74, 6) is 0.126. The summed E-state index contributed by atoms with van der Waals surface area (Å²) in [4.78, 5) is 25.1. The molecule has 160 valence electrons. The Labute approximate surface area is 182 Å². The molecule has 0 saturated heterocycles. The van der Waals surface area contributed by atoms with Gasteiger partial charge in [0.25, 0.3) is 11.8 Å². The number of hydrazine groups is 1. The number of amides is 2. The molecule has 2 N–H and O–H groups in total. The number of hydrogen-bond donors (Lipinski definition) is 2. The van der Waals surface area contributed by atoms with Gasteiger partial charge in [-0.2, -0.15) is 0 Å². The summed E-state index contributed by atoms with van der Waals surface area (Å²) >= 11 is 0. The molecular formula is C25H26N2O4. The molecule has 31 heavy (non-hydrogen) atoms. The number of para-hydroxylation sites is 1. The molecule has 0 saturated carbocycles. The molecule has 0 heterocycles. The second-order valence-electron chi connectivity index (χ2n) is 7.04. The monoisotopic (exact) mass is 418 g/mol. The van der Waals surface area contributed by atoms with Crippen LogP contribution in [0, 0.1) is 6.92 Å². The minimum absolute atomic E-state index is 0.325. The van der Waals surface area contributed by atoms with Gasteiger partial charge in [0.1, 0.15) is 18.1 Å². The lowest BCUT2D eigenvalue weighted by Gasteiger charge is -2.18. The molecule has 0 aromatic heterocycles. The van der Waals surface area contributed by atoms with Crippen molar-refractivity contribution in [3.8, 4) is 11.5 Å². The van der Waals surface area contributed by atoms with Crippen LogP contribution in [0.4, 0.5) is 0 Å². The van der Waals surface area contributed by atoms with Gasteiger partial charge in [-0.25, -0.2) is 0 Å². The molecular weight excluding hydrogens is 392 g/mol. The van der Waals surface area contributed by atoms with E-state index in [2.05, 4.69) is 10.9 Å². The number of benzene rings is 3. The van der Waals surface area contributed by atoms with Crippen molar-refractivity contribution in [3.63, 3.8) is 0 Å². The molecule has 6 nitrogen and oxygen atoms in total. The van der Waals surface area contributed by atoms with Crippen LogP contribution in [0.25, 0.3) is 0 Å². The van der Waals surface area contributed by atoms with Gasteiger partial charge in [-0.3, -0.25) is 20.4 Å². The van der Waals surface area contributed by atoms with Gasteiger partial charge in [0.15, 0.2) is 6.10 Å². The number of rotatable bonds is 8. The van der Waals surface area contributed by atoms with E-state index in [4.69, 9.17) is 9.47 Å². The molecule has 0 aliphatic heterocycles. The minimum atomic E-state index is -0.729. The second-order valence-corrected chi connectivity index (χ2v) is 7.04. The number of carbonyl (C=O) groups excluding carboxylic acids is 2. The maximum atomic E-state index is 12.6. The highest BCUT2D eigenvalue weighted by Crippen LogP contribution is 2.19. The number of ether oxygens (including phenoxy) is 2. The fraction of sp³-hybridized carbons (Fsp3) is 0.200. The summed E-state index contributed by atoms with van der Waals surface area (Å²) < 4.78 is 11.6. The fourth-order valence-electron chi connectivity index (χ4n) is 2.88. The predicted molar refractivity (Wildman–Crippen MR) is 119 cm³/mol. The first-order valence-electron chi connectivity index (χ1n) is 10.2. The molecule has 0 aliphatic rings. The molecule has 3 aromatic rings. The summed E-state index contributed by atoms with van der Waals surface area (Å²) in [6.45, 7) is 4.15. The molecule has 3 aromatic carbocycles. The summed E-state index contributed by atoms with van der Waals surface area (Å²) in [5.41, 5.74) is 7.31. The number of nitrogens with one attached hydrogen (secondary N) is 2. The van der Waals surface area contributed by atoms with Crippen LogP contribution < -0.4 is 20.3 Å². The van der Waals surface area contributed by atoms with E-state index in [9.17, 15) is 9.59 Å². The Bertz CT molecular complexity index is 1000. The van der Waals surface area contributed by atoms with Crippen molar-refractivity contribution in [3.05, 3.63) is 95.6 Å². The van der Waals surface area contributed by atoms with E-state index in [0.717, 1.165) is 11.1 Å². The van der Waals surface area contributed by atoms with E-state index in [1.54, 1.807) is 24.3 Å². The zero-order chi connectivity index (χ0) is 22.1. The third-order valence-electron chi connectivity index (χ3n) is 4.63. The van der Waals surface area contributed by atoms with Gasteiger partial charge in [0, 0.05) is 0 Å². The summed E-state index contributed by atoms with van der Waals surface area (Å²) in [6, 6.07) is 24.0. The fourth-order valence-corrected chi connectivity index (χ4v) is 2.88. The van der Waals surface area contributed by atoms with E-state index in [0.29, 0.717) is 30.1 Å². The lowest BCUT2D eigenvalue weighted by atomic mass is 10.2. The zero-order valence-corrected chi connectivity index (χ0v) is 17.6. The second kappa shape index (κ2) is 10.8. The predicted octanol–water partition coefficient (Wildman–Crippen LogP) is 4.19. The van der Waals surface area contributed by atoms with Crippen LogP contribution in [0.5, 0.6) is 11.5 Å². The third-order valence-corrected chi connectivity index (χ3v) is 4.63. The summed E-state index contributed by atoms with van der Waals surface area (Å²) in [5, 5.41) is 0. The van der Waals surface area contributed by atoms with Gasteiger partial charge in [-0.1, -0.05) is 67.1 Å². The first-order valence-corrected chi connectivity index (χ1v) is 10.2. The maximum absolute atomic E-state index is 12.6. The molecule has 0 fully saturated rings. The molecule has 0 radical (unpaired) electrons. The van der Waals surface area contributed by atoms with E-state index in [1.165, 1.54) is 0 Å². The Kier molecular flexibility index (Phi) is 7.65. The third kappa shape index (κ3) is 6.34. The van der Waals surface area contributed by atoms with Crippen molar-refractivity contribution in [2.75, 3.05) is 0 Å². The molecule has 0 bridgehead atoms. The van der Waals surface area contributed by atoms with Crippen LogP contribution >= 0.6 is 0 Å². The van der Waals surface area contributed by atoms with Crippen molar-refractivity contribution in [1.29, 1.82) is 0 Å². The quantitative estimate of drug-likeness (QED) is 0.538. The van der Waals surface area contributed by atoms with E-state index in [-0.39, 0.29) is 0 Å². The highest BCUT2D eigenvalue weighted by molar-refractivity contribution is 5.98. The molecule has 0 aliphatic carbocycles. The maximum Gasteiger partial charge on any atom is 0.279 e. The van der Waals surface area contributed by atoms with Gasteiger partial charge in [-0.15, -0.1) is 0 Å². The smallest absolute Gasteiger partial charge is 0.279 e. The number of aryl methyl sites for hydroxylation is 1. The van der Waals surface area contributed by atoms with Gasteiger partial charge in [0.2, 0.25) is 0 Å². The number of hydrogen-bond acceptors (Lipinski definition) is 4. The van der Waals surface area contributed by atoms with Crippen molar-refractivity contribution in [1.82, 2.24) is 10.9 Å². The lowest BCUT2D eigenvalue weighted by Crippen LogP contribution is -2.48. The zero-order valence-electron chi connectivity index (χ0n) is 17.6. The molecule has 6 heteroatoms. The van der Waals surface area contributed by atoms with E-state index >= 15 is 0 Å². The normalized spacial score (nSPS) is 11.3. The Morgan fingerprint density at radius 3 is 2.26 bits per heavy atom. The van der Waals surface area contributed by atoms with Crippen LogP contribution in [-0.2, 0) is 11.4 Å². The number of carbonyl (C=O) groups is 2. The van der Waals surface area contributed by atoms with Crippen molar-refractivity contribution in [2.24, 2.45) is 0 Å². The van der Waals surface area contributed by atoms with E-state index < -0.39 is 17.9 Å². The first-order chi connectivity index (χ1) is 15.1. The van der Waals surface area contributed by atoms with Crippen LogP contribution in [-0.4, -0.2) is 17.9 Å². The van der Waals surface area contributed by atoms with Crippen LogP contribution in [0.1, 0.15) is 34.8 Å². The Hall–Kier alpha value is -3.80. The van der Waals surface area contributed by atoms with Crippen LogP contribution in [0.15, 0.2) is 78.9 Å². The molecule has 3 rings (SSSR count). The average Bonchev–Trinajstić information content (AvgIpc) is 2.81. The van der Waals surface area contributed by atoms with Gasteiger partial charge in [-0.05, 0) is 43.2 Å². The van der Waals surface area contributed by atoms with Gasteiger partial charge < -0.3 is 9.47 Å². The van der Waals surface area contributed by atoms with E-state index in [1.807, 2.05) is 68.4 Å². The average molecular weight is 418 g/mol. The van der Waals surface area contributed by atoms with Crippen molar-refractivity contribution >= 4 is 11.8 Å². The van der Waals surface area contributed by atoms with Gasteiger partial charge >= 0.3 is 0 Å². The van der Waals surface area contributed by atoms with Gasteiger partial charge in [0.05, 0.1) is 5.56 Å². The largest absolute Gasteiger partial charge is 0.488 e. The molecule has 0 spiro atoms. The summed E-state index contributed by atoms with van der Waals surface area (Å²) in [7, 11) is 0. The standard InChI is InChI=1S/C25H26N2O4/c1-3-22(31-20-15-13-18(2)14-16-20)25(29)27-26-24(28)21-11-7-8-12-23(21)30-17-19-9-5-4-6-10-19/h4-16,22H,3,17H2,1-2H3,(H,26,28)(H,27,29). The highest BCUT2D eigenvalue weighted by Gasteiger charge is 2.20. The first kappa shape index (κ1) is 21.9.